The predicted octanol–water partition coefficient (Wildman–Crippen LogP) is 3.36. The summed E-state index contributed by atoms with van der Waals surface area (Å²) in [5.41, 5.74) is 1.76. The molecule has 0 aromatic heterocycles. The van der Waals surface area contributed by atoms with E-state index in [1.807, 2.05) is 12.1 Å². The van der Waals surface area contributed by atoms with Gasteiger partial charge < -0.3 is 5.32 Å². The van der Waals surface area contributed by atoms with Crippen LogP contribution < -0.4 is 5.32 Å². The minimum absolute atomic E-state index is 0.529. The molecule has 2 atom stereocenters. The van der Waals surface area contributed by atoms with Crippen LogP contribution in [0.25, 0.3) is 0 Å². The smallest absolute Gasteiger partial charge is 0.0992 e. The minimum Gasteiger partial charge on any atom is -0.381 e. The van der Waals surface area contributed by atoms with Crippen LogP contribution in [0.2, 0.25) is 0 Å². The summed E-state index contributed by atoms with van der Waals surface area (Å²) in [6.07, 6.45) is 5.20. The van der Waals surface area contributed by atoms with Gasteiger partial charge >= 0.3 is 0 Å². The first-order chi connectivity index (χ1) is 9.26. The molecule has 2 fully saturated rings. The lowest BCUT2D eigenvalue weighted by Crippen LogP contribution is -2.41. The molecule has 0 aliphatic carbocycles. The number of rotatable bonds is 2. The SMILES string of the molecule is N#Cc1cc(Br)cc(NC2CCN3CCCCC23)c1. The first-order valence-electron chi connectivity index (χ1n) is 6.97. The van der Waals surface area contributed by atoms with Crippen LogP contribution >= 0.6 is 15.9 Å². The maximum absolute atomic E-state index is 9.03. The quantitative estimate of drug-likeness (QED) is 0.908. The number of hydrogen-bond acceptors (Lipinski definition) is 3. The normalized spacial score (nSPS) is 26.7. The third-order valence-corrected chi connectivity index (χ3v) is 4.69. The van der Waals surface area contributed by atoms with Gasteiger partial charge in [-0.25, -0.2) is 0 Å². The molecule has 2 aliphatic rings. The van der Waals surface area contributed by atoms with E-state index in [-0.39, 0.29) is 0 Å². The second-order valence-electron chi connectivity index (χ2n) is 5.48. The van der Waals surface area contributed by atoms with E-state index in [0.29, 0.717) is 17.6 Å². The maximum Gasteiger partial charge on any atom is 0.0992 e. The van der Waals surface area contributed by atoms with Gasteiger partial charge in [-0.3, -0.25) is 4.90 Å². The Bertz CT molecular complexity index is 509. The highest BCUT2D eigenvalue weighted by Crippen LogP contribution is 2.30. The van der Waals surface area contributed by atoms with Crippen molar-refractivity contribution in [2.75, 3.05) is 18.4 Å². The van der Waals surface area contributed by atoms with Gasteiger partial charge in [-0.1, -0.05) is 22.4 Å². The molecule has 0 spiro atoms. The Morgan fingerprint density at radius 3 is 2.95 bits per heavy atom. The summed E-state index contributed by atoms with van der Waals surface area (Å²) in [4.78, 5) is 2.62. The topological polar surface area (TPSA) is 39.1 Å². The highest BCUT2D eigenvalue weighted by Gasteiger charge is 2.35. The van der Waals surface area contributed by atoms with Gasteiger partial charge in [0.25, 0.3) is 0 Å². The van der Waals surface area contributed by atoms with E-state index in [9.17, 15) is 0 Å². The second-order valence-corrected chi connectivity index (χ2v) is 6.39. The van der Waals surface area contributed by atoms with Crippen LogP contribution in [-0.4, -0.2) is 30.1 Å². The molecule has 0 radical (unpaired) electrons. The van der Waals surface area contributed by atoms with Crippen molar-refractivity contribution in [2.45, 2.75) is 37.8 Å². The summed E-state index contributed by atoms with van der Waals surface area (Å²) in [6.45, 7) is 2.46. The number of nitrogens with zero attached hydrogens (tertiary/aromatic N) is 2. The van der Waals surface area contributed by atoms with Crippen LogP contribution in [0.1, 0.15) is 31.2 Å². The Morgan fingerprint density at radius 1 is 1.21 bits per heavy atom. The van der Waals surface area contributed by atoms with Gasteiger partial charge in [-0.05, 0) is 44.0 Å². The molecular formula is C15H18BrN3. The van der Waals surface area contributed by atoms with E-state index in [1.165, 1.54) is 38.8 Å². The standard InChI is InChI=1S/C15H18BrN3/c16-12-7-11(10-17)8-13(9-12)18-14-4-6-19-5-2-1-3-15(14)19/h7-9,14-15,18H,1-6H2. The highest BCUT2D eigenvalue weighted by atomic mass is 79.9. The van der Waals surface area contributed by atoms with Crippen LogP contribution in [0.15, 0.2) is 22.7 Å². The molecule has 2 aliphatic heterocycles. The second kappa shape index (κ2) is 5.52. The Balaban J connectivity index is 1.75. The fourth-order valence-corrected chi connectivity index (χ4v) is 3.86. The van der Waals surface area contributed by atoms with Crippen LogP contribution in [0, 0.1) is 11.3 Å². The average molecular weight is 320 g/mol. The third-order valence-electron chi connectivity index (χ3n) is 4.23. The largest absolute Gasteiger partial charge is 0.381 e. The van der Waals surface area contributed by atoms with E-state index < -0.39 is 0 Å². The van der Waals surface area contributed by atoms with Gasteiger partial charge in [0.2, 0.25) is 0 Å². The van der Waals surface area contributed by atoms with Crippen molar-refractivity contribution in [3.8, 4) is 6.07 Å². The molecule has 1 aromatic rings. The Kier molecular flexibility index (Phi) is 3.76. The van der Waals surface area contributed by atoms with Gasteiger partial charge in [-0.2, -0.15) is 5.26 Å². The van der Waals surface area contributed by atoms with Crippen LogP contribution in [0.4, 0.5) is 5.69 Å². The van der Waals surface area contributed by atoms with E-state index in [4.69, 9.17) is 5.26 Å². The number of nitrogens with one attached hydrogen (secondary N) is 1. The van der Waals surface area contributed by atoms with Gasteiger partial charge in [0.15, 0.2) is 0 Å². The van der Waals surface area contributed by atoms with Crippen molar-refractivity contribution in [3.63, 3.8) is 0 Å². The average Bonchev–Trinajstić information content (AvgIpc) is 2.82. The number of fused-ring (bicyclic) bond motifs is 1. The number of halogens is 1. The molecule has 19 heavy (non-hydrogen) atoms. The first kappa shape index (κ1) is 13.0. The number of piperidine rings is 1. The zero-order valence-electron chi connectivity index (χ0n) is 10.9. The molecule has 0 bridgehead atoms. The number of nitriles is 1. The molecule has 1 aromatic carbocycles. The summed E-state index contributed by atoms with van der Waals surface area (Å²) < 4.78 is 0.965. The molecule has 3 nitrogen and oxygen atoms in total. The lowest BCUT2D eigenvalue weighted by Gasteiger charge is -2.33. The lowest BCUT2D eigenvalue weighted by molar-refractivity contribution is 0.193. The third kappa shape index (κ3) is 2.77. The summed E-state index contributed by atoms with van der Waals surface area (Å²) >= 11 is 3.47. The zero-order valence-corrected chi connectivity index (χ0v) is 12.5. The van der Waals surface area contributed by atoms with Crippen molar-refractivity contribution in [2.24, 2.45) is 0 Å². The Morgan fingerprint density at radius 2 is 2.11 bits per heavy atom. The molecular weight excluding hydrogens is 302 g/mol. The predicted molar refractivity (Wildman–Crippen MR) is 80.1 cm³/mol. The summed E-state index contributed by atoms with van der Waals surface area (Å²) in [5, 5.41) is 12.7. The fraction of sp³-hybridized carbons (Fsp3) is 0.533. The monoisotopic (exact) mass is 319 g/mol. The molecule has 2 heterocycles. The molecule has 2 saturated heterocycles. The number of hydrogen-bond donors (Lipinski definition) is 1. The molecule has 100 valence electrons. The fourth-order valence-electron chi connectivity index (χ4n) is 3.37. The summed E-state index contributed by atoms with van der Waals surface area (Å²) in [7, 11) is 0. The molecule has 3 rings (SSSR count). The summed E-state index contributed by atoms with van der Waals surface area (Å²) in [6, 6.07) is 9.27. The van der Waals surface area contributed by atoms with Crippen LogP contribution in [0.5, 0.6) is 0 Å². The van der Waals surface area contributed by atoms with E-state index >= 15 is 0 Å². The molecule has 4 heteroatoms. The maximum atomic E-state index is 9.03. The highest BCUT2D eigenvalue weighted by molar-refractivity contribution is 9.10. The Labute approximate surface area is 122 Å². The first-order valence-corrected chi connectivity index (χ1v) is 7.77. The van der Waals surface area contributed by atoms with Crippen LogP contribution in [0.3, 0.4) is 0 Å². The van der Waals surface area contributed by atoms with E-state index in [0.717, 1.165) is 10.2 Å². The van der Waals surface area contributed by atoms with Gasteiger partial charge in [0.05, 0.1) is 11.6 Å². The summed E-state index contributed by atoms with van der Waals surface area (Å²) in [5.74, 6) is 0. The van der Waals surface area contributed by atoms with Gasteiger partial charge in [0, 0.05) is 28.8 Å². The molecule has 1 N–H and O–H groups in total. The van der Waals surface area contributed by atoms with Gasteiger partial charge in [-0.15, -0.1) is 0 Å². The van der Waals surface area contributed by atoms with E-state index in [2.05, 4.69) is 38.3 Å². The van der Waals surface area contributed by atoms with Gasteiger partial charge in [0.1, 0.15) is 0 Å². The zero-order chi connectivity index (χ0) is 13.2. The Hall–Kier alpha value is -1.05. The van der Waals surface area contributed by atoms with Crippen molar-refractivity contribution in [3.05, 3.63) is 28.2 Å². The minimum atomic E-state index is 0.529. The number of benzene rings is 1. The van der Waals surface area contributed by atoms with Crippen molar-refractivity contribution in [1.82, 2.24) is 4.90 Å². The molecule has 0 saturated carbocycles. The van der Waals surface area contributed by atoms with Crippen molar-refractivity contribution < 1.29 is 0 Å². The lowest BCUT2D eigenvalue weighted by atomic mass is 9.99. The van der Waals surface area contributed by atoms with Crippen molar-refractivity contribution in [1.29, 1.82) is 5.26 Å². The molecule has 2 unspecified atom stereocenters. The van der Waals surface area contributed by atoms with Crippen LogP contribution in [-0.2, 0) is 0 Å². The van der Waals surface area contributed by atoms with Crippen molar-refractivity contribution >= 4 is 21.6 Å². The molecule has 0 amide bonds. The van der Waals surface area contributed by atoms with E-state index in [1.54, 1.807) is 0 Å². The number of anilines is 1.